The Balaban J connectivity index is 1.64. The van der Waals surface area contributed by atoms with E-state index in [1.165, 1.54) is 16.7 Å². The third-order valence-corrected chi connectivity index (χ3v) is 3.85. The number of nitrogens with zero attached hydrogens (tertiary/aromatic N) is 2. The van der Waals surface area contributed by atoms with Gasteiger partial charge in [0.2, 0.25) is 0 Å². The van der Waals surface area contributed by atoms with Crippen LogP contribution in [0.5, 0.6) is 0 Å². The maximum Gasteiger partial charge on any atom is 0.0883 e. The van der Waals surface area contributed by atoms with Crippen LogP contribution in [0.1, 0.15) is 35.2 Å². The van der Waals surface area contributed by atoms with Gasteiger partial charge in [-0.15, -0.1) is 0 Å². The van der Waals surface area contributed by atoms with Gasteiger partial charge in [-0.3, -0.25) is 0 Å². The van der Waals surface area contributed by atoms with Crippen LogP contribution in [0, 0.1) is 0 Å². The molecule has 2 aromatic rings. The Hall–Kier alpha value is -2.48. The zero-order valence-electron chi connectivity index (χ0n) is 12.0. The Morgan fingerprint density at radius 2 is 1.95 bits per heavy atom. The third kappa shape index (κ3) is 3.00. The number of rotatable bonds is 5. The molecule has 0 atom stereocenters. The van der Waals surface area contributed by atoms with Crippen LogP contribution in [0.3, 0.4) is 0 Å². The molecule has 0 saturated heterocycles. The zero-order chi connectivity index (χ0) is 14.7. The monoisotopic (exact) mass is 274 g/mol. The summed E-state index contributed by atoms with van der Waals surface area (Å²) in [6.45, 7) is 8.31. The number of allylic oxidation sites excluding steroid dienone is 3. The van der Waals surface area contributed by atoms with Crippen LogP contribution in [-0.2, 0) is 6.42 Å². The van der Waals surface area contributed by atoms with Crippen molar-refractivity contribution in [3.8, 4) is 0 Å². The Kier molecular flexibility index (Phi) is 3.78. The molecule has 2 heteroatoms. The molecule has 104 valence electrons. The van der Waals surface area contributed by atoms with Crippen molar-refractivity contribution >= 4 is 17.2 Å². The molecule has 0 fully saturated rings. The lowest BCUT2D eigenvalue weighted by Crippen LogP contribution is -1.92. The summed E-state index contributed by atoms with van der Waals surface area (Å²) >= 11 is 0. The molecule has 0 N–H and O–H groups in total. The summed E-state index contributed by atoms with van der Waals surface area (Å²) in [5.74, 6) is 0. The van der Waals surface area contributed by atoms with Crippen molar-refractivity contribution in [3.05, 3.63) is 78.1 Å². The van der Waals surface area contributed by atoms with E-state index in [2.05, 4.69) is 53.7 Å². The van der Waals surface area contributed by atoms with E-state index in [4.69, 9.17) is 0 Å². The first-order valence-electron chi connectivity index (χ1n) is 7.17. The lowest BCUT2D eigenvalue weighted by Gasteiger charge is -2.09. The minimum Gasteiger partial charge on any atom is -0.159 e. The summed E-state index contributed by atoms with van der Waals surface area (Å²) in [5, 5.41) is 7.98. The first-order valence-corrected chi connectivity index (χ1v) is 7.17. The smallest absolute Gasteiger partial charge is 0.0883 e. The van der Waals surface area contributed by atoms with Crippen LogP contribution < -0.4 is 0 Å². The summed E-state index contributed by atoms with van der Waals surface area (Å²) < 4.78 is 0. The Bertz CT molecular complexity index is 712. The number of aromatic nitrogens is 2. The van der Waals surface area contributed by atoms with E-state index < -0.39 is 0 Å². The predicted octanol–water partition coefficient (Wildman–Crippen LogP) is 4.55. The maximum atomic E-state index is 4.21. The van der Waals surface area contributed by atoms with Crippen LogP contribution in [0.2, 0.25) is 0 Å². The molecule has 1 aromatic carbocycles. The number of hydrogen-bond donors (Lipinski definition) is 0. The Labute approximate surface area is 125 Å². The van der Waals surface area contributed by atoms with Gasteiger partial charge in [0.25, 0.3) is 0 Å². The molecular weight excluding hydrogens is 256 g/mol. The fourth-order valence-electron chi connectivity index (χ4n) is 2.53. The average molecular weight is 274 g/mol. The normalized spacial score (nSPS) is 12.2. The molecule has 21 heavy (non-hydrogen) atoms. The number of hydrogen-bond acceptors (Lipinski definition) is 2. The lowest BCUT2D eigenvalue weighted by atomic mass is 9.96. The second-order valence-electron chi connectivity index (χ2n) is 5.34. The van der Waals surface area contributed by atoms with Crippen LogP contribution in [-0.4, -0.2) is 10.2 Å². The zero-order valence-corrected chi connectivity index (χ0v) is 12.0. The molecule has 0 unspecified atom stereocenters. The second-order valence-corrected chi connectivity index (χ2v) is 5.34. The molecule has 0 radical (unpaired) electrons. The molecule has 1 heterocycles. The summed E-state index contributed by atoms with van der Waals surface area (Å²) in [4.78, 5) is 0. The van der Waals surface area contributed by atoms with Crippen LogP contribution in [0.15, 0.2) is 55.8 Å². The van der Waals surface area contributed by atoms with Gasteiger partial charge in [0, 0.05) is 6.20 Å². The first-order chi connectivity index (χ1) is 10.2. The molecule has 3 rings (SSSR count). The topological polar surface area (TPSA) is 25.8 Å². The van der Waals surface area contributed by atoms with E-state index in [0.29, 0.717) is 0 Å². The van der Waals surface area contributed by atoms with Gasteiger partial charge in [-0.2, -0.15) is 10.2 Å². The molecule has 0 bridgehead atoms. The van der Waals surface area contributed by atoms with Crippen molar-refractivity contribution in [2.75, 3.05) is 0 Å². The summed E-state index contributed by atoms with van der Waals surface area (Å²) in [6.07, 6.45) is 8.85. The fraction of sp³-hybridized carbons (Fsp3) is 0.158. The average Bonchev–Trinajstić information content (AvgIpc) is 3.00. The van der Waals surface area contributed by atoms with Gasteiger partial charge in [-0.1, -0.05) is 37.4 Å². The maximum absolute atomic E-state index is 4.21. The van der Waals surface area contributed by atoms with Gasteiger partial charge >= 0.3 is 0 Å². The molecular formula is C19H18N2. The van der Waals surface area contributed by atoms with E-state index in [0.717, 1.165) is 36.1 Å². The van der Waals surface area contributed by atoms with Crippen LogP contribution >= 0.6 is 0 Å². The third-order valence-electron chi connectivity index (χ3n) is 3.85. The molecule has 1 aliphatic rings. The van der Waals surface area contributed by atoms with E-state index >= 15 is 0 Å². The minimum absolute atomic E-state index is 0.852. The number of fused-ring (bicyclic) bond motifs is 1. The van der Waals surface area contributed by atoms with Crippen LogP contribution in [0.4, 0.5) is 0 Å². The van der Waals surface area contributed by atoms with Crippen molar-refractivity contribution < 1.29 is 0 Å². The molecule has 0 aliphatic heterocycles. The highest BCUT2D eigenvalue weighted by Crippen LogP contribution is 2.27. The van der Waals surface area contributed by atoms with E-state index in [1.54, 1.807) is 6.20 Å². The van der Waals surface area contributed by atoms with Gasteiger partial charge in [0.05, 0.1) is 5.69 Å². The van der Waals surface area contributed by atoms with Gasteiger partial charge in [-0.25, -0.2) is 0 Å². The summed E-state index contributed by atoms with van der Waals surface area (Å²) in [7, 11) is 0. The van der Waals surface area contributed by atoms with E-state index in [1.807, 2.05) is 12.1 Å². The van der Waals surface area contributed by atoms with E-state index in [9.17, 15) is 0 Å². The molecule has 0 spiro atoms. The fourth-order valence-corrected chi connectivity index (χ4v) is 2.53. The molecule has 1 aliphatic carbocycles. The first kappa shape index (κ1) is 13.5. The lowest BCUT2D eigenvalue weighted by molar-refractivity contribution is 0.984. The highest BCUT2D eigenvalue weighted by atomic mass is 15.1. The molecule has 2 nitrogen and oxygen atoms in total. The standard InChI is InChI=1S/C19H18N2/c1-14(8-9-15(2)19-7-4-12-20-21-19)17-11-10-16-5-3-6-18(16)13-17/h3-4,6-7,10-13H,1-2,5,8-9H2. The quantitative estimate of drug-likeness (QED) is 0.799. The SMILES string of the molecule is C=C(CCC(=C)c1cccnn1)c1ccc2c(c1)C=CC2. The highest BCUT2D eigenvalue weighted by Gasteiger charge is 2.08. The van der Waals surface area contributed by atoms with E-state index in [-0.39, 0.29) is 0 Å². The summed E-state index contributed by atoms with van der Waals surface area (Å²) in [5.41, 5.74) is 6.94. The molecule has 1 aromatic heterocycles. The van der Waals surface area contributed by atoms with Crippen molar-refractivity contribution in [2.45, 2.75) is 19.3 Å². The predicted molar refractivity (Wildman–Crippen MR) is 88.5 cm³/mol. The van der Waals surface area contributed by atoms with Gasteiger partial charge < -0.3 is 0 Å². The Morgan fingerprint density at radius 1 is 1.10 bits per heavy atom. The minimum atomic E-state index is 0.852. The van der Waals surface area contributed by atoms with Gasteiger partial charge in [0.15, 0.2) is 0 Å². The highest BCUT2D eigenvalue weighted by molar-refractivity contribution is 5.71. The molecule has 0 saturated carbocycles. The Morgan fingerprint density at radius 3 is 2.76 bits per heavy atom. The largest absolute Gasteiger partial charge is 0.159 e. The van der Waals surface area contributed by atoms with Crippen molar-refractivity contribution in [1.82, 2.24) is 10.2 Å². The van der Waals surface area contributed by atoms with Crippen molar-refractivity contribution in [1.29, 1.82) is 0 Å². The van der Waals surface area contributed by atoms with Crippen LogP contribution in [0.25, 0.3) is 17.2 Å². The second kappa shape index (κ2) is 5.88. The van der Waals surface area contributed by atoms with Gasteiger partial charge in [0.1, 0.15) is 0 Å². The van der Waals surface area contributed by atoms with Gasteiger partial charge in [-0.05, 0) is 65.3 Å². The number of benzene rings is 1. The van der Waals surface area contributed by atoms with Crippen molar-refractivity contribution in [3.63, 3.8) is 0 Å². The summed E-state index contributed by atoms with van der Waals surface area (Å²) in [6, 6.07) is 10.4. The van der Waals surface area contributed by atoms with Crippen molar-refractivity contribution in [2.24, 2.45) is 0 Å². The molecule has 0 amide bonds.